The third-order valence-corrected chi connectivity index (χ3v) is 15.5. The first-order chi connectivity index (χ1) is 37.0. The van der Waals surface area contributed by atoms with Gasteiger partial charge in [0.05, 0.1) is 22.4 Å². The topological polar surface area (TPSA) is 9.86 Å². The molecule has 0 aliphatic heterocycles. The number of fused-ring (bicyclic) bond motifs is 4. The van der Waals surface area contributed by atoms with Crippen LogP contribution in [0.5, 0.6) is 0 Å². The van der Waals surface area contributed by atoms with Gasteiger partial charge >= 0.3 is 0 Å². The van der Waals surface area contributed by atoms with E-state index in [0.717, 1.165) is 11.4 Å². The smallest absolute Gasteiger partial charge is 0.0619 e. The maximum Gasteiger partial charge on any atom is 0.0619 e. The first-order valence-corrected chi connectivity index (χ1v) is 26.8. The quantitative estimate of drug-likeness (QED) is 0.134. The van der Waals surface area contributed by atoms with E-state index in [9.17, 15) is 0 Å². The minimum absolute atomic E-state index is 0.251. The molecule has 13 rings (SSSR count). The van der Waals surface area contributed by atoms with Crippen molar-refractivity contribution >= 4 is 43.4 Å². The molecule has 0 aliphatic rings. The van der Waals surface area contributed by atoms with Crippen LogP contribution in [-0.4, -0.2) is 9.13 Å². The van der Waals surface area contributed by atoms with Crippen LogP contribution in [0.25, 0.3) is 122 Å². The van der Waals surface area contributed by atoms with Crippen molar-refractivity contribution in [1.82, 2.24) is 9.13 Å². The van der Waals surface area contributed by atoms with E-state index in [1.54, 1.807) is 0 Å². The van der Waals surface area contributed by atoms with E-state index >= 15 is 0 Å². The molecule has 2 nitrogen and oxygen atoms in total. The Balaban J connectivity index is 1.20. The second-order valence-electron chi connectivity index (χ2n) is 22.5. The fourth-order valence-electron chi connectivity index (χ4n) is 12.3. The van der Waals surface area contributed by atoms with Crippen LogP contribution < -0.4 is 0 Å². The van der Waals surface area contributed by atoms with Crippen molar-refractivity contribution < 1.29 is 0 Å². The van der Waals surface area contributed by atoms with E-state index in [0.29, 0.717) is 0 Å². The summed E-state index contributed by atoms with van der Waals surface area (Å²) in [6.45, 7) is 14.4. The molecule has 0 fully saturated rings. The van der Waals surface area contributed by atoms with Gasteiger partial charge in [0, 0.05) is 33.3 Å². The summed E-state index contributed by atoms with van der Waals surface area (Å²) >= 11 is 0. The van der Waals surface area contributed by atoms with Crippen LogP contribution in [0.4, 0.5) is 0 Å². The molecular formula is C74H60N2. The molecule has 0 aliphatic carbocycles. The van der Waals surface area contributed by atoms with Gasteiger partial charge in [-0.3, -0.25) is 0 Å². The van der Waals surface area contributed by atoms with Crippen LogP contribution in [0.15, 0.2) is 255 Å². The van der Waals surface area contributed by atoms with Crippen LogP contribution in [0.3, 0.4) is 0 Å². The van der Waals surface area contributed by atoms with Gasteiger partial charge in [-0.05, 0) is 137 Å². The van der Waals surface area contributed by atoms with Gasteiger partial charge in [-0.1, -0.05) is 248 Å². The number of aromatic nitrogens is 2. The van der Waals surface area contributed by atoms with Crippen molar-refractivity contribution in [1.29, 1.82) is 0 Å². The Bertz CT molecular complexity index is 3970. The SMILES string of the molecule is CC(C)(C)c1c2cc3c(-c4ccccc4)c(-c4ccccc4)n(-c4ccc(-c5ccccc5)cc4)c3cc2c(C(C)(C)C)c2cc3c(-c4ccccc4)c(-c4ccccc4)n(-c4ccc(-c5ccccc5)cc4)c3cc12. The lowest BCUT2D eigenvalue weighted by atomic mass is 9.73. The summed E-state index contributed by atoms with van der Waals surface area (Å²) in [7, 11) is 0. The number of rotatable bonds is 8. The predicted molar refractivity (Wildman–Crippen MR) is 325 cm³/mol. The molecule has 0 radical (unpaired) electrons. The van der Waals surface area contributed by atoms with Crippen LogP contribution in [-0.2, 0) is 10.8 Å². The van der Waals surface area contributed by atoms with E-state index < -0.39 is 0 Å². The van der Waals surface area contributed by atoms with E-state index in [1.165, 1.54) is 122 Å². The molecule has 0 spiro atoms. The molecule has 13 aromatic rings. The Kier molecular flexibility index (Phi) is 11.4. The molecular weight excluding hydrogens is 917 g/mol. The highest BCUT2D eigenvalue weighted by Gasteiger charge is 2.32. The molecule has 76 heavy (non-hydrogen) atoms. The van der Waals surface area contributed by atoms with Crippen molar-refractivity contribution in [3.8, 4) is 78.4 Å². The molecule has 2 heteroatoms. The summed E-state index contributed by atoms with van der Waals surface area (Å²) in [4.78, 5) is 0. The summed E-state index contributed by atoms with van der Waals surface area (Å²) < 4.78 is 5.08. The Labute approximate surface area is 446 Å². The van der Waals surface area contributed by atoms with Crippen molar-refractivity contribution in [2.45, 2.75) is 52.4 Å². The highest BCUT2D eigenvalue weighted by atomic mass is 15.0. The zero-order valence-corrected chi connectivity index (χ0v) is 44.1. The van der Waals surface area contributed by atoms with Crippen LogP contribution in [0, 0.1) is 0 Å². The van der Waals surface area contributed by atoms with Crippen LogP contribution >= 0.6 is 0 Å². The van der Waals surface area contributed by atoms with Crippen molar-refractivity contribution in [3.63, 3.8) is 0 Å². The molecule has 0 saturated carbocycles. The van der Waals surface area contributed by atoms with Crippen LogP contribution in [0.1, 0.15) is 52.7 Å². The summed E-state index contributed by atoms with van der Waals surface area (Å²) in [5.74, 6) is 0. The first-order valence-electron chi connectivity index (χ1n) is 26.8. The Morgan fingerprint density at radius 1 is 0.237 bits per heavy atom. The van der Waals surface area contributed by atoms with E-state index in [4.69, 9.17) is 0 Å². The summed E-state index contributed by atoms with van der Waals surface area (Å²) in [6, 6.07) is 94.1. The molecule has 2 heterocycles. The Morgan fingerprint density at radius 2 is 0.487 bits per heavy atom. The molecule has 0 bridgehead atoms. The molecule has 0 N–H and O–H groups in total. The van der Waals surface area contributed by atoms with Crippen molar-refractivity contribution in [3.05, 3.63) is 266 Å². The summed E-state index contributed by atoms with van der Waals surface area (Å²) in [6.07, 6.45) is 0. The van der Waals surface area contributed by atoms with Crippen LogP contribution in [0.2, 0.25) is 0 Å². The lowest BCUT2D eigenvalue weighted by Gasteiger charge is -2.31. The average molecular weight is 977 g/mol. The average Bonchev–Trinajstić information content (AvgIpc) is 4.09. The zero-order chi connectivity index (χ0) is 51.7. The van der Waals surface area contributed by atoms with E-state index in [1.807, 2.05) is 0 Å². The van der Waals surface area contributed by atoms with Gasteiger partial charge in [0.25, 0.3) is 0 Å². The minimum atomic E-state index is -0.251. The van der Waals surface area contributed by atoms with Gasteiger partial charge in [0.2, 0.25) is 0 Å². The maximum absolute atomic E-state index is 2.57. The highest BCUT2D eigenvalue weighted by molar-refractivity contribution is 6.19. The highest BCUT2D eigenvalue weighted by Crippen LogP contribution is 2.52. The van der Waals surface area contributed by atoms with Gasteiger partial charge < -0.3 is 9.13 Å². The van der Waals surface area contributed by atoms with Crippen molar-refractivity contribution in [2.24, 2.45) is 0 Å². The molecule has 11 aromatic carbocycles. The zero-order valence-electron chi connectivity index (χ0n) is 44.1. The number of hydrogen-bond acceptors (Lipinski definition) is 0. The predicted octanol–water partition coefficient (Wildman–Crippen LogP) is 20.5. The lowest BCUT2D eigenvalue weighted by Crippen LogP contribution is -2.17. The lowest BCUT2D eigenvalue weighted by molar-refractivity contribution is 0.593. The van der Waals surface area contributed by atoms with E-state index in [2.05, 4.69) is 305 Å². The number of nitrogens with zero attached hydrogens (tertiary/aromatic N) is 2. The largest absolute Gasteiger partial charge is 0.309 e. The summed E-state index contributed by atoms with van der Waals surface area (Å²) in [5.41, 5.74) is 21.2. The molecule has 366 valence electrons. The van der Waals surface area contributed by atoms with Gasteiger partial charge in [-0.2, -0.15) is 0 Å². The van der Waals surface area contributed by atoms with Crippen molar-refractivity contribution in [2.75, 3.05) is 0 Å². The van der Waals surface area contributed by atoms with Gasteiger partial charge in [0.15, 0.2) is 0 Å². The fourth-order valence-corrected chi connectivity index (χ4v) is 12.3. The fraction of sp³-hybridized carbons (Fsp3) is 0.108. The monoisotopic (exact) mass is 976 g/mol. The molecule has 0 amide bonds. The summed E-state index contributed by atoms with van der Waals surface area (Å²) in [5, 5.41) is 7.63. The molecule has 0 atom stereocenters. The second kappa shape index (κ2) is 18.4. The minimum Gasteiger partial charge on any atom is -0.309 e. The number of benzene rings is 11. The molecule has 2 aromatic heterocycles. The van der Waals surface area contributed by atoms with Gasteiger partial charge in [-0.15, -0.1) is 0 Å². The molecule has 0 unspecified atom stereocenters. The standard InChI is InChI=1S/C74H60N2/c1-73(2,3)69-59-45-63-66(76(58-43-39-52(40-44-58)50-27-15-8-16-28-50)71(55-33-21-11-22-34-55)67(63)53-29-17-9-18-30-53)48-62(59)70(74(4,5)6)60-46-64-65(47-61(60)69)75(57-41-37-51(38-42-57)49-25-13-7-14-26-49)72(56-35-23-12-24-36-56)68(64)54-31-19-10-20-32-54/h7-48H,1-6H3. The van der Waals surface area contributed by atoms with Gasteiger partial charge in [0.1, 0.15) is 0 Å². The molecule has 0 saturated heterocycles. The van der Waals surface area contributed by atoms with E-state index in [-0.39, 0.29) is 10.8 Å². The first kappa shape index (κ1) is 46.8. The van der Waals surface area contributed by atoms with Gasteiger partial charge in [-0.25, -0.2) is 0 Å². The third-order valence-electron chi connectivity index (χ3n) is 15.5. The number of hydrogen-bond donors (Lipinski definition) is 0. The Morgan fingerprint density at radius 3 is 0.776 bits per heavy atom. The normalized spacial score (nSPS) is 12.1. The maximum atomic E-state index is 2.57. The Hall–Kier alpha value is -8.98. The third kappa shape index (κ3) is 7.96. The second-order valence-corrected chi connectivity index (χ2v) is 22.5.